The number of nitrogens with zero attached hydrogens (tertiary/aromatic N) is 1. The smallest absolute Gasteiger partial charge is 0.222 e. The van der Waals surface area contributed by atoms with Crippen molar-refractivity contribution >= 4 is 5.91 Å². The first kappa shape index (κ1) is 19.5. The Labute approximate surface area is 168 Å². The molecule has 0 saturated carbocycles. The number of hydrogen-bond donors (Lipinski definition) is 1. The Bertz CT molecular complexity index is 734. The van der Waals surface area contributed by atoms with Gasteiger partial charge < -0.3 is 14.8 Å². The molecule has 0 aliphatic carbocycles. The predicted octanol–water partition coefficient (Wildman–Crippen LogP) is 3.00. The molecule has 5 heteroatoms. The van der Waals surface area contributed by atoms with Crippen LogP contribution in [0.1, 0.15) is 32.3 Å². The molecule has 0 aromatic heterocycles. The van der Waals surface area contributed by atoms with Crippen LogP contribution in [-0.2, 0) is 16.1 Å². The molecule has 4 atom stereocenters. The van der Waals surface area contributed by atoms with Gasteiger partial charge in [-0.2, -0.15) is 0 Å². The Morgan fingerprint density at radius 2 is 2.36 bits per heavy atom. The zero-order chi connectivity index (χ0) is 19.7. The van der Waals surface area contributed by atoms with Crippen LogP contribution in [0.3, 0.4) is 0 Å². The highest BCUT2D eigenvalue weighted by Gasteiger charge is 2.62. The van der Waals surface area contributed by atoms with Crippen LogP contribution >= 0.6 is 0 Å². The molecule has 3 saturated heterocycles. The van der Waals surface area contributed by atoms with E-state index in [-0.39, 0.29) is 17.4 Å². The molecule has 0 radical (unpaired) electrons. The van der Waals surface area contributed by atoms with Gasteiger partial charge in [0.1, 0.15) is 12.4 Å². The van der Waals surface area contributed by atoms with Gasteiger partial charge in [-0.05, 0) is 30.5 Å². The summed E-state index contributed by atoms with van der Waals surface area (Å²) in [5.41, 5.74) is 1.26. The zero-order valence-corrected chi connectivity index (χ0v) is 17.0. The Hall–Kier alpha value is -1.85. The maximum absolute atomic E-state index is 12.0. The lowest BCUT2D eigenvalue weighted by molar-refractivity contribution is -0.124. The summed E-state index contributed by atoms with van der Waals surface area (Å²) in [6.07, 6.45) is 4.35. The average molecular weight is 385 g/mol. The molecule has 1 spiro atoms. The molecule has 3 fully saturated rings. The molecule has 152 valence electrons. The number of carbonyl (C=O) groups excluding carboxylic acids is 1. The van der Waals surface area contributed by atoms with Gasteiger partial charge in [0.2, 0.25) is 5.91 Å². The van der Waals surface area contributed by atoms with E-state index in [1.165, 1.54) is 5.56 Å². The second kappa shape index (κ2) is 7.88. The van der Waals surface area contributed by atoms with Gasteiger partial charge in [0.25, 0.3) is 0 Å². The second-order valence-corrected chi connectivity index (χ2v) is 8.85. The van der Waals surface area contributed by atoms with E-state index in [0.717, 1.165) is 44.8 Å². The van der Waals surface area contributed by atoms with Gasteiger partial charge in [0.05, 0.1) is 11.7 Å². The number of benzene rings is 1. The van der Waals surface area contributed by atoms with Crippen molar-refractivity contribution in [1.82, 2.24) is 10.2 Å². The quantitative estimate of drug-likeness (QED) is 0.700. The molecule has 28 heavy (non-hydrogen) atoms. The van der Waals surface area contributed by atoms with Gasteiger partial charge >= 0.3 is 0 Å². The number of rotatable bonds is 8. The molecule has 3 heterocycles. The van der Waals surface area contributed by atoms with Gasteiger partial charge in [0.15, 0.2) is 0 Å². The van der Waals surface area contributed by atoms with E-state index in [9.17, 15) is 4.79 Å². The standard InChI is InChI=1S/C23H32N2O3/c1-4-10-27-18-7-5-6-17(11-18)13-25-14-20-19(12-24-22(26)16(2)3)21-8-9-23(20,15-25)28-21/h4-7,11,16,19-21H,1,8-10,12-15H2,2-3H3,(H,24,26)/t19-,20+,21+,23+/m0/s1. The third kappa shape index (κ3) is 3.70. The third-order valence-electron chi connectivity index (χ3n) is 6.56. The molecule has 2 bridgehead atoms. The van der Waals surface area contributed by atoms with Crippen molar-refractivity contribution < 1.29 is 14.3 Å². The number of fused-ring (bicyclic) bond motifs is 1. The molecule has 4 rings (SSSR count). The topological polar surface area (TPSA) is 50.8 Å². The Morgan fingerprint density at radius 3 is 3.14 bits per heavy atom. The van der Waals surface area contributed by atoms with Crippen LogP contribution in [0.4, 0.5) is 0 Å². The third-order valence-corrected chi connectivity index (χ3v) is 6.56. The van der Waals surface area contributed by atoms with Crippen molar-refractivity contribution in [2.75, 3.05) is 26.2 Å². The van der Waals surface area contributed by atoms with E-state index in [1.54, 1.807) is 6.08 Å². The number of nitrogens with one attached hydrogen (secondary N) is 1. The van der Waals surface area contributed by atoms with Crippen LogP contribution in [0, 0.1) is 17.8 Å². The fourth-order valence-electron chi connectivity index (χ4n) is 5.25. The Morgan fingerprint density at radius 1 is 1.50 bits per heavy atom. The molecular formula is C23H32N2O3. The maximum atomic E-state index is 12.0. The summed E-state index contributed by atoms with van der Waals surface area (Å²) in [4.78, 5) is 14.5. The first-order valence-electron chi connectivity index (χ1n) is 10.5. The van der Waals surface area contributed by atoms with Crippen molar-refractivity contribution in [2.45, 2.75) is 44.9 Å². The fourth-order valence-corrected chi connectivity index (χ4v) is 5.25. The highest BCUT2D eigenvalue weighted by atomic mass is 16.5. The first-order chi connectivity index (χ1) is 13.5. The minimum absolute atomic E-state index is 0.00512. The SMILES string of the molecule is C=CCOc1cccc(CN2C[C@@H]3[C@H](CNC(=O)C(C)C)[C@H]4CC[C@]3(C2)O4)c1. The molecule has 1 aromatic carbocycles. The largest absolute Gasteiger partial charge is 0.490 e. The van der Waals surface area contributed by atoms with E-state index >= 15 is 0 Å². The van der Waals surface area contributed by atoms with Crippen molar-refractivity contribution in [3.8, 4) is 5.75 Å². The number of amides is 1. The van der Waals surface area contributed by atoms with Crippen LogP contribution in [0.15, 0.2) is 36.9 Å². The van der Waals surface area contributed by atoms with Gasteiger partial charge in [-0.15, -0.1) is 0 Å². The van der Waals surface area contributed by atoms with E-state index in [4.69, 9.17) is 9.47 Å². The molecule has 0 unspecified atom stereocenters. The molecule has 5 nitrogen and oxygen atoms in total. The van der Waals surface area contributed by atoms with Crippen LogP contribution in [0.5, 0.6) is 5.75 Å². The van der Waals surface area contributed by atoms with Crippen molar-refractivity contribution in [1.29, 1.82) is 0 Å². The predicted molar refractivity (Wildman–Crippen MR) is 109 cm³/mol. The Balaban J connectivity index is 1.39. The summed E-state index contributed by atoms with van der Waals surface area (Å²) in [5, 5.41) is 3.15. The zero-order valence-electron chi connectivity index (χ0n) is 17.0. The molecule has 1 N–H and O–H groups in total. The number of hydrogen-bond acceptors (Lipinski definition) is 4. The highest BCUT2D eigenvalue weighted by molar-refractivity contribution is 5.77. The summed E-state index contributed by atoms with van der Waals surface area (Å²) in [5.74, 6) is 2.01. The summed E-state index contributed by atoms with van der Waals surface area (Å²) in [7, 11) is 0. The first-order valence-corrected chi connectivity index (χ1v) is 10.5. The number of ether oxygens (including phenoxy) is 2. The molecule has 3 aliphatic rings. The van der Waals surface area contributed by atoms with Crippen LogP contribution in [0.2, 0.25) is 0 Å². The maximum Gasteiger partial charge on any atom is 0.222 e. The van der Waals surface area contributed by atoms with Crippen LogP contribution in [0.25, 0.3) is 0 Å². The van der Waals surface area contributed by atoms with Gasteiger partial charge in [-0.1, -0.05) is 38.6 Å². The second-order valence-electron chi connectivity index (χ2n) is 8.85. The number of carbonyl (C=O) groups is 1. The van der Waals surface area contributed by atoms with E-state index in [0.29, 0.717) is 24.5 Å². The summed E-state index contributed by atoms with van der Waals surface area (Å²) >= 11 is 0. The lowest BCUT2D eigenvalue weighted by Crippen LogP contribution is -2.42. The molecule has 1 aromatic rings. The Kier molecular flexibility index (Phi) is 5.48. The van der Waals surface area contributed by atoms with E-state index in [2.05, 4.69) is 35.0 Å². The van der Waals surface area contributed by atoms with Gasteiger partial charge in [0, 0.05) is 43.9 Å². The van der Waals surface area contributed by atoms with E-state index in [1.807, 2.05) is 19.9 Å². The lowest BCUT2D eigenvalue weighted by atomic mass is 9.73. The van der Waals surface area contributed by atoms with E-state index < -0.39 is 0 Å². The van der Waals surface area contributed by atoms with Crippen LogP contribution in [-0.4, -0.2) is 48.8 Å². The minimum Gasteiger partial charge on any atom is -0.490 e. The van der Waals surface area contributed by atoms with Gasteiger partial charge in [-0.3, -0.25) is 9.69 Å². The normalized spacial score (nSPS) is 31.2. The fraction of sp³-hybridized carbons (Fsp3) is 0.609. The molecular weight excluding hydrogens is 352 g/mol. The van der Waals surface area contributed by atoms with Crippen LogP contribution < -0.4 is 10.1 Å². The molecule has 3 aliphatic heterocycles. The molecule has 1 amide bonds. The minimum atomic E-state index is -0.00512. The number of likely N-dealkylation sites (tertiary alicyclic amines) is 1. The summed E-state index contributed by atoms with van der Waals surface area (Å²) in [6, 6.07) is 8.32. The highest BCUT2D eigenvalue weighted by Crippen LogP contribution is 2.54. The van der Waals surface area contributed by atoms with Crippen molar-refractivity contribution in [2.24, 2.45) is 17.8 Å². The average Bonchev–Trinajstić information content (AvgIpc) is 3.32. The van der Waals surface area contributed by atoms with Gasteiger partial charge in [-0.25, -0.2) is 0 Å². The summed E-state index contributed by atoms with van der Waals surface area (Å²) < 4.78 is 12.2. The van der Waals surface area contributed by atoms with Crippen molar-refractivity contribution in [3.05, 3.63) is 42.5 Å². The lowest BCUT2D eigenvalue weighted by Gasteiger charge is -2.29. The monoisotopic (exact) mass is 384 g/mol. The van der Waals surface area contributed by atoms with Crippen molar-refractivity contribution in [3.63, 3.8) is 0 Å². The summed E-state index contributed by atoms with van der Waals surface area (Å²) in [6.45, 7) is 11.8.